The summed E-state index contributed by atoms with van der Waals surface area (Å²) in [6.07, 6.45) is 3.56. The molecule has 4 aromatic rings. The molecule has 0 aliphatic carbocycles. The van der Waals surface area contributed by atoms with Gasteiger partial charge in [0.05, 0.1) is 24.8 Å². The second-order valence-corrected chi connectivity index (χ2v) is 7.44. The van der Waals surface area contributed by atoms with Crippen molar-refractivity contribution in [2.45, 2.75) is 26.0 Å². The Kier molecular flexibility index (Phi) is 7.08. The van der Waals surface area contributed by atoms with Crippen molar-refractivity contribution in [3.05, 3.63) is 96.8 Å². The summed E-state index contributed by atoms with van der Waals surface area (Å²) in [5.74, 6) is 3.41. The van der Waals surface area contributed by atoms with E-state index in [2.05, 4.69) is 23.3 Å². The summed E-state index contributed by atoms with van der Waals surface area (Å²) >= 11 is 0. The number of methoxy groups -OCH3 is 1. The van der Waals surface area contributed by atoms with Gasteiger partial charge in [0.2, 0.25) is 0 Å². The van der Waals surface area contributed by atoms with Crippen LogP contribution in [0.1, 0.15) is 17.8 Å². The number of nitrogens with zero attached hydrogens (tertiary/aromatic N) is 2. The third kappa shape index (κ3) is 5.11. The summed E-state index contributed by atoms with van der Waals surface area (Å²) in [7, 11) is 1.65. The lowest BCUT2D eigenvalue weighted by Gasteiger charge is -2.13. The molecular weight excluding hydrogens is 400 g/mol. The summed E-state index contributed by atoms with van der Waals surface area (Å²) in [6.45, 7) is 5.64. The first-order valence-corrected chi connectivity index (χ1v) is 10.8. The Labute approximate surface area is 188 Å². The number of imidazole rings is 1. The maximum atomic E-state index is 6.07. The zero-order chi connectivity index (χ0) is 22.2. The van der Waals surface area contributed by atoms with E-state index >= 15 is 0 Å². The van der Waals surface area contributed by atoms with Crippen LogP contribution in [0.2, 0.25) is 0 Å². The second kappa shape index (κ2) is 10.5. The largest absolute Gasteiger partial charge is 0.497 e. The molecule has 0 aliphatic rings. The average molecular weight is 429 g/mol. The minimum Gasteiger partial charge on any atom is -0.497 e. The normalized spacial score (nSPS) is 10.8. The van der Waals surface area contributed by atoms with Crippen LogP contribution in [0.5, 0.6) is 17.2 Å². The first kappa shape index (κ1) is 21.5. The molecule has 0 saturated carbocycles. The summed E-state index contributed by atoms with van der Waals surface area (Å²) in [5.41, 5.74) is 3.23. The van der Waals surface area contributed by atoms with Gasteiger partial charge in [0, 0.05) is 6.54 Å². The average Bonchev–Trinajstić information content (AvgIpc) is 3.19. The van der Waals surface area contributed by atoms with Gasteiger partial charge in [-0.3, -0.25) is 0 Å². The smallest absolute Gasteiger partial charge is 0.147 e. The van der Waals surface area contributed by atoms with Gasteiger partial charge >= 0.3 is 0 Å². The Morgan fingerprint density at radius 1 is 0.906 bits per heavy atom. The van der Waals surface area contributed by atoms with E-state index in [1.165, 1.54) is 0 Å². The van der Waals surface area contributed by atoms with Gasteiger partial charge in [-0.2, -0.15) is 0 Å². The fourth-order valence-corrected chi connectivity index (χ4v) is 3.68. The molecular formula is C27H28N2O3. The van der Waals surface area contributed by atoms with Gasteiger partial charge in [-0.1, -0.05) is 36.4 Å². The van der Waals surface area contributed by atoms with Gasteiger partial charge in [-0.15, -0.1) is 6.58 Å². The Morgan fingerprint density at radius 3 is 2.47 bits per heavy atom. The summed E-state index contributed by atoms with van der Waals surface area (Å²) in [4.78, 5) is 4.80. The van der Waals surface area contributed by atoms with Gasteiger partial charge in [0.25, 0.3) is 0 Å². The quantitative estimate of drug-likeness (QED) is 0.223. The molecule has 4 rings (SSSR count). The molecule has 3 aromatic carbocycles. The Balaban J connectivity index is 1.42. The van der Waals surface area contributed by atoms with E-state index in [-0.39, 0.29) is 0 Å². The molecule has 1 aromatic heterocycles. The molecule has 32 heavy (non-hydrogen) atoms. The van der Waals surface area contributed by atoms with E-state index in [0.29, 0.717) is 13.2 Å². The van der Waals surface area contributed by atoms with E-state index < -0.39 is 0 Å². The van der Waals surface area contributed by atoms with Crippen LogP contribution in [-0.4, -0.2) is 23.3 Å². The monoisotopic (exact) mass is 428 g/mol. The Bertz CT molecular complexity index is 1170. The molecule has 0 unspecified atom stereocenters. The van der Waals surface area contributed by atoms with Crippen molar-refractivity contribution < 1.29 is 14.2 Å². The van der Waals surface area contributed by atoms with E-state index in [4.69, 9.17) is 19.2 Å². The Morgan fingerprint density at radius 2 is 1.66 bits per heavy atom. The highest BCUT2D eigenvalue weighted by Gasteiger charge is 2.11. The number of allylic oxidation sites excluding steroid dienone is 1. The van der Waals surface area contributed by atoms with Gasteiger partial charge in [-0.05, 0) is 60.9 Å². The molecule has 0 saturated heterocycles. The molecule has 5 heteroatoms. The number of aromatic nitrogens is 2. The van der Waals surface area contributed by atoms with Crippen molar-refractivity contribution in [2.24, 2.45) is 0 Å². The van der Waals surface area contributed by atoms with E-state index in [0.717, 1.165) is 59.1 Å². The van der Waals surface area contributed by atoms with Crippen molar-refractivity contribution in [3.63, 3.8) is 0 Å². The molecule has 5 nitrogen and oxygen atoms in total. The van der Waals surface area contributed by atoms with Crippen LogP contribution in [0.3, 0.4) is 0 Å². The highest BCUT2D eigenvalue weighted by Crippen LogP contribution is 2.22. The van der Waals surface area contributed by atoms with Gasteiger partial charge in [0.15, 0.2) is 0 Å². The number of para-hydroxylation sites is 3. The van der Waals surface area contributed by atoms with Gasteiger partial charge < -0.3 is 18.8 Å². The first-order chi connectivity index (χ1) is 15.8. The number of hydrogen-bond donors (Lipinski definition) is 0. The van der Waals surface area contributed by atoms with Gasteiger partial charge in [0.1, 0.15) is 29.7 Å². The zero-order valence-corrected chi connectivity index (χ0v) is 18.4. The standard InChI is InChI=1S/C27H28N2O3/c1-3-9-21-10-4-7-13-26(21)31-19-8-18-29-25-12-6-5-11-24(25)28-27(29)20-32-23-16-14-22(30-2)15-17-23/h3-7,10-17H,1,8-9,18-20H2,2H3. The van der Waals surface area contributed by atoms with E-state index in [9.17, 15) is 0 Å². The van der Waals surface area contributed by atoms with Crippen LogP contribution in [0.15, 0.2) is 85.5 Å². The molecule has 0 spiro atoms. The van der Waals surface area contributed by atoms with Gasteiger partial charge in [-0.25, -0.2) is 4.98 Å². The number of benzene rings is 3. The molecule has 0 N–H and O–H groups in total. The highest BCUT2D eigenvalue weighted by molar-refractivity contribution is 5.75. The Hall–Kier alpha value is -3.73. The fourth-order valence-electron chi connectivity index (χ4n) is 3.68. The SMILES string of the molecule is C=CCc1ccccc1OCCCn1c(COc2ccc(OC)cc2)nc2ccccc21. The maximum Gasteiger partial charge on any atom is 0.147 e. The lowest BCUT2D eigenvalue weighted by atomic mass is 10.1. The predicted octanol–water partition coefficient (Wildman–Crippen LogP) is 5.82. The van der Waals surface area contributed by atoms with Crippen molar-refractivity contribution in [3.8, 4) is 17.2 Å². The van der Waals surface area contributed by atoms with Crippen LogP contribution < -0.4 is 14.2 Å². The summed E-state index contributed by atoms with van der Waals surface area (Å²) in [6, 6.07) is 23.9. The summed E-state index contributed by atoms with van der Waals surface area (Å²) in [5, 5.41) is 0. The van der Waals surface area contributed by atoms with Crippen LogP contribution in [0, 0.1) is 0 Å². The van der Waals surface area contributed by atoms with Crippen molar-refractivity contribution >= 4 is 11.0 Å². The third-order valence-corrected chi connectivity index (χ3v) is 5.28. The topological polar surface area (TPSA) is 45.5 Å². The highest BCUT2D eigenvalue weighted by atomic mass is 16.5. The van der Waals surface area contributed by atoms with Crippen LogP contribution in [0.4, 0.5) is 0 Å². The van der Waals surface area contributed by atoms with Crippen molar-refractivity contribution in [1.29, 1.82) is 0 Å². The predicted molar refractivity (Wildman–Crippen MR) is 128 cm³/mol. The van der Waals surface area contributed by atoms with Crippen LogP contribution >= 0.6 is 0 Å². The molecule has 0 aliphatic heterocycles. The zero-order valence-electron chi connectivity index (χ0n) is 18.4. The molecule has 0 bridgehead atoms. The van der Waals surface area contributed by atoms with Crippen LogP contribution in [-0.2, 0) is 19.6 Å². The minimum absolute atomic E-state index is 0.393. The minimum atomic E-state index is 0.393. The maximum absolute atomic E-state index is 6.07. The number of ether oxygens (including phenoxy) is 3. The third-order valence-electron chi connectivity index (χ3n) is 5.28. The van der Waals surface area contributed by atoms with Crippen molar-refractivity contribution in [1.82, 2.24) is 9.55 Å². The number of rotatable bonds is 11. The molecule has 0 atom stereocenters. The van der Waals surface area contributed by atoms with Crippen molar-refractivity contribution in [2.75, 3.05) is 13.7 Å². The lowest BCUT2D eigenvalue weighted by molar-refractivity contribution is 0.279. The molecule has 0 amide bonds. The lowest BCUT2D eigenvalue weighted by Crippen LogP contribution is -2.10. The molecule has 1 heterocycles. The first-order valence-electron chi connectivity index (χ1n) is 10.8. The van der Waals surface area contributed by atoms with E-state index in [1.54, 1.807) is 7.11 Å². The number of aryl methyl sites for hydroxylation is 1. The second-order valence-electron chi connectivity index (χ2n) is 7.44. The van der Waals surface area contributed by atoms with Crippen LogP contribution in [0.25, 0.3) is 11.0 Å². The molecule has 164 valence electrons. The number of fused-ring (bicyclic) bond motifs is 1. The molecule has 0 radical (unpaired) electrons. The summed E-state index contributed by atoms with van der Waals surface area (Å²) < 4.78 is 19.5. The molecule has 0 fully saturated rings. The number of hydrogen-bond acceptors (Lipinski definition) is 4. The van der Waals surface area contributed by atoms with E-state index in [1.807, 2.05) is 66.7 Å². The fraction of sp³-hybridized carbons (Fsp3) is 0.222.